The third kappa shape index (κ3) is 3.22. The summed E-state index contributed by atoms with van der Waals surface area (Å²) in [5.41, 5.74) is 0.956. The van der Waals surface area contributed by atoms with E-state index in [2.05, 4.69) is 4.98 Å². The number of pyridine rings is 1. The first-order valence-corrected chi connectivity index (χ1v) is 6.80. The predicted octanol–water partition coefficient (Wildman–Crippen LogP) is 3.87. The fourth-order valence-corrected chi connectivity index (χ4v) is 2.13. The minimum absolute atomic E-state index is 0.210. The summed E-state index contributed by atoms with van der Waals surface area (Å²) in [5.74, 6) is 0.388. The Labute approximate surface area is 125 Å². The average Bonchev–Trinajstić information content (AvgIpc) is 2.52. The van der Waals surface area contributed by atoms with E-state index >= 15 is 0 Å². The quantitative estimate of drug-likeness (QED) is 0.683. The lowest BCUT2D eigenvalue weighted by Gasteiger charge is -2.15. The lowest BCUT2D eigenvalue weighted by atomic mass is 9.80. The Hall–Kier alpha value is -2.50. The van der Waals surface area contributed by atoms with Crippen molar-refractivity contribution in [1.82, 2.24) is 4.98 Å². The third-order valence-corrected chi connectivity index (χ3v) is 3.30. The monoisotopic (exact) mass is 302 g/mol. The van der Waals surface area contributed by atoms with Gasteiger partial charge in [-0.3, -0.25) is 0 Å². The average molecular weight is 302 g/mol. The molecule has 0 bridgehead atoms. The van der Waals surface area contributed by atoms with Crippen LogP contribution in [0.3, 0.4) is 0 Å². The van der Waals surface area contributed by atoms with Gasteiger partial charge in [-0.25, -0.2) is 4.98 Å². The zero-order valence-electron chi connectivity index (χ0n) is 11.5. The van der Waals surface area contributed by atoms with Crippen molar-refractivity contribution in [1.29, 1.82) is 0 Å². The van der Waals surface area contributed by atoms with E-state index in [1.807, 2.05) is 36.4 Å². The number of hydrogen-bond donors (Lipinski definition) is 0. The SMILES string of the molecule is F[B-](F)(F)c1ccc(OCc2ccc3ccccc3n2)cc1. The first-order valence-electron chi connectivity index (χ1n) is 6.80. The summed E-state index contributed by atoms with van der Waals surface area (Å²) in [6, 6.07) is 16.2. The zero-order chi connectivity index (χ0) is 15.6. The predicted molar refractivity (Wildman–Crippen MR) is 81.2 cm³/mol. The van der Waals surface area contributed by atoms with Gasteiger partial charge in [0, 0.05) is 5.39 Å². The molecule has 1 heterocycles. The number of aromatic nitrogens is 1. The van der Waals surface area contributed by atoms with E-state index in [9.17, 15) is 12.9 Å². The Balaban J connectivity index is 1.71. The Bertz CT molecular complexity index is 787. The van der Waals surface area contributed by atoms with Crippen molar-refractivity contribution in [3.05, 3.63) is 66.4 Å². The first-order chi connectivity index (χ1) is 10.5. The number of nitrogens with zero attached hydrogens (tertiary/aromatic N) is 1. The molecule has 0 fully saturated rings. The van der Waals surface area contributed by atoms with Crippen LogP contribution in [0.2, 0.25) is 0 Å². The maximum absolute atomic E-state index is 12.5. The molecule has 0 N–H and O–H groups in total. The second-order valence-corrected chi connectivity index (χ2v) is 4.93. The van der Waals surface area contributed by atoms with Crippen molar-refractivity contribution in [3.63, 3.8) is 0 Å². The van der Waals surface area contributed by atoms with Gasteiger partial charge in [0.25, 0.3) is 0 Å². The number of fused-ring (bicyclic) bond motifs is 1. The van der Waals surface area contributed by atoms with E-state index < -0.39 is 12.4 Å². The number of benzene rings is 2. The van der Waals surface area contributed by atoms with Crippen LogP contribution in [0.15, 0.2) is 60.7 Å². The Morgan fingerprint density at radius 1 is 0.864 bits per heavy atom. The van der Waals surface area contributed by atoms with Gasteiger partial charge in [0.1, 0.15) is 12.4 Å². The van der Waals surface area contributed by atoms with E-state index in [4.69, 9.17) is 4.74 Å². The van der Waals surface area contributed by atoms with Crippen molar-refractivity contribution < 1.29 is 17.7 Å². The van der Waals surface area contributed by atoms with Gasteiger partial charge in [-0.15, -0.1) is 5.46 Å². The summed E-state index contributed by atoms with van der Waals surface area (Å²) in [6.07, 6.45) is 0. The van der Waals surface area contributed by atoms with E-state index in [0.717, 1.165) is 28.7 Å². The van der Waals surface area contributed by atoms with Gasteiger partial charge in [-0.2, -0.15) is 0 Å². The molecule has 0 atom stereocenters. The highest BCUT2D eigenvalue weighted by Crippen LogP contribution is 2.16. The molecule has 0 aliphatic heterocycles. The zero-order valence-corrected chi connectivity index (χ0v) is 11.5. The molecule has 6 heteroatoms. The third-order valence-electron chi connectivity index (χ3n) is 3.30. The van der Waals surface area contributed by atoms with Crippen LogP contribution in [-0.2, 0) is 6.61 Å². The molecule has 3 aromatic rings. The van der Waals surface area contributed by atoms with Crippen LogP contribution >= 0.6 is 0 Å². The Morgan fingerprint density at radius 2 is 1.59 bits per heavy atom. The van der Waals surface area contributed by atoms with Crippen LogP contribution in [0.5, 0.6) is 5.75 Å². The molecule has 112 valence electrons. The van der Waals surface area contributed by atoms with E-state index in [1.54, 1.807) is 0 Å². The molecule has 3 rings (SSSR count). The summed E-state index contributed by atoms with van der Waals surface area (Å²) >= 11 is 0. The second kappa shape index (κ2) is 5.71. The summed E-state index contributed by atoms with van der Waals surface area (Å²) in [5, 5.41) is 1.03. The molecule has 0 saturated heterocycles. The Kier molecular flexibility index (Phi) is 3.75. The van der Waals surface area contributed by atoms with Crippen molar-refractivity contribution in [2.75, 3.05) is 0 Å². The number of ether oxygens (including phenoxy) is 1. The maximum Gasteiger partial charge on any atom is 0.509 e. The van der Waals surface area contributed by atoms with Gasteiger partial charge in [0.2, 0.25) is 0 Å². The minimum atomic E-state index is -4.97. The molecular formula is C16H12BF3NO-. The van der Waals surface area contributed by atoms with Crippen LogP contribution in [0.1, 0.15) is 5.69 Å². The van der Waals surface area contributed by atoms with Crippen LogP contribution in [0, 0.1) is 0 Å². The van der Waals surface area contributed by atoms with Gasteiger partial charge in [0.15, 0.2) is 0 Å². The minimum Gasteiger partial charge on any atom is -0.487 e. The highest BCUT2D eigenvalue weighted by Gasteiger charge is 2.24. The number of hydrogen-bond acceptors (Lipinski definition) is 2. The van der Waals surface area contributed by atoms with Gasteiger partial charge >= 0.3 is 6.98 Å². The molecule has 2 nitrogen and oxygen atoms in total. The van der Waals surface area contributed by atoms with Gasteiger partial charge in [-0.05, 0) is 24.3 Å². The Morgan fingerprint density at radius 3 is 2.32 bits per heavy atom. The largest absolute Gasteiger partial charge is 0.509 e. The van der Waals surface area contributed by atoms with Crippen molar-refractivity contribution >= 4 is 23.3 Å². The van der Waals surface area contributed by atoms with E-state index in [-0.39, 0.29) is 6.61 Å². The molecular weight excluding hydrogens is 290 g/mol. The number of rotatable bonds is 4. The summed E-state index contributed by atoms with van der Waals surface area (Å²) < 4.78 is 43.1. The molecule has 2 aromatic carbocycles. The highest BCUT2D eigenvalue weighted by molar-refractivity contribution is 6.73. The lowest BCUT2D eigenvalue weighted by Crippen LogP contribution is -2.33. The molecule has 0 amide bonds. The van der Waals surface area contributed by atoms with Crippen LogP contribution < -0.4 is 10.2 Å². The van der Waals surface area contributed by atoms with E-state index in [1.165, 1.54) is 12.1 Å². The normalized spacial score (nSPS) is 11.6. The molecule has 0 saturated carbocycles. The topological polar surface area (TPSA) is 22.1 Å². The standard InChI is InChI=1S/C16H12BF3NO/c18-17(19,20)13-6-9-15(10-7-13)22-11-14-8-5-12-3-1-2-4-16(12)21-14/h1-10H,11H2/q-1. The van der Waals surface area contributed by atoms with Crippen LogP contribution in [0.25, 0.3) is 10.9 Å². The summed E-state index contributed by atoms with van der Waals surface area (Å²) in [4.78, 5) is 4.45. The van der Waals surface area contributed by atoms with Gasteiger partial charge in [0.05, 0.1) is 11.2 Å². The van der Waals surface area contributed by atoms with Gasteiger partial charge < -0.3 is 17.7 Å². The summed E-state index contributed by atoms with van der Waals surface area (Å²) in [6.45, 7) is -4.76. The number of halogens is 3. The molecule has 0 unspecified atom stereocenters. The first kappa shape index (κ1) is 14.4. The summed E-state index contributed by atoms with van der Waals surface area (Å²) in [7, 11) is 0. The molecule has 1 aromatic heterocycles. The molecule has 0 aliphatic carbocycles. The van der Waals surface area contributed by atoms with Gasteiger partial charge in [-0.1, -0.05) is 36.4 Å². The molecule has 0 radical (unpaired) electrons. The maximum atomic E-state index is 12.5. The van der Waals surface area contributed by atoms with E-state index in [0.29, 0.717) is 5.75 Å². The molecule has 22 heavy (non-hydrogen) atoms. The lowest BCUT2D eigenvalue weighted by molar-refractivity contribution is 0.302. The van der Waals surface area contributed by atoms with Crippen LogP contribution in [-0.4, -0.2) is 12.0 Å². The highest BCUT2D eigenvalue weighted by atomic mass is 19.4. The van der Waals surface area contributed by atoms with Crippen molar-refractivity contribution in [2.45, 2.75) is 6.61 Å². The van der Waals surface area contributed by atoms with Crippen molar-refractivity contribution in [2.24, 2.45) is 0 Å². The second-order valence-electron chi connectivity index (χ2n) is 4.93. The molecule has 0 aliphatic rings. The van der Waals surface area contributed by atoms with Crippen LogP contribution in [0.4, 0.5) is 12.9 Å². The fraction of sp³-hybridized carbons (Fsp3) is 0.0625. The number of para-hydroxylation sites is 1. The smallest absolute Gasteiger partial charge is 0.487 e. The van der Waals surface area contributed by atoms with Crippen molar-refractivity contribution in [3.8, 4) is 5.75 Å². The molecule has 0 spiro atoms. The fourth-order valence-electron chi connectivity index (χ4n) is 2.13.